The Morgan fingerprint density at radius 1 is 1.26 bits per heavy atom. The van der Waals surface area contributed by atoms with E-state index in [1.165, 1.54) is 6.26 Å². The zero-order chi connectivity index (χ0) is 21.5. The second-order valence-corrected chi connectivity index (χ2v) is 8.15. The minimum absolute atomic E-state index is 0.0215. The number of hydrogen-bond donors (Lipinski definition) is 1. The molecule has 5 rings (SSSR count). The maximum absolute atomic E-state index is 12.7. The Labute approximate surface area is 179 Å². The molecular weight excluding hydrogens is 394 g/mol. The van der Waals surface area contributed by atoms with Gasteiger partial charge in [0.2, 0.25) is 0 Å². The van der Waals surface area contributed by atoms with Crippen LogP contribution in [-0.4, -0.2) is 34.3 Å². The molecule has 1 atom stereocenters. The third kappa shape index (κ3) is 3.60. The quantitative estimate of drug-likeness (QED) is 0.697. The van der Waals surface area contributed by atoms with Crippen molar-refractivity contribution in [2.24, 2.45) is 0 Å². The summed E-state index contributed by atoms with van der Waals surface area (Å²) in [5.74, 6) is 1.11. The minimum atomic E-state index is -0.300. The Kier molecular flexibility index (Phi) is 4.81. The molecule has 1 N–H and O–H groups in total. The first-order chi connectivity index (χ1) is 15.0. The fourth-order valence-corrected chi connectivity index (χ4v) is 4.28. The predicted molar refractivity (Wildman–Crippen MR) is 113 cm³/mol. The van der Waals surface area contributed by atoms with Crippen LogP contribution in [-0.2, 0) is 12.8 Å². The normalized spacial score (nSPS) is 17.1. The topological polar surface area (TPSA) is 94.3 Å². The summed E-state index contributed by atoms with van der Waals surface area (Å²) in [5.41, 5.74) is 5.47. The van der Waals surface area contributed by atoms with Crippen LogP contribution in [0.3, 0.4) is 0 Å². The lowest BCUT2D eigenvalue weighted by Gasteiger charge is -2.13. The molecule has 7 nitrogen and oxygen atoms in total. The van der Waals surface area contributed by atoms with Crippen LogP contribution in [0.5, 0.6) is 5.75 Å². The number of ether oxygens (including phenoxy) is 1. The Hall–Kier alpha value is -3.48. The highest BCUT2D eigenvalue weighted by molar-refractivity contribution is 6.09. The molecule has 3 aromatic rings. The fraction of sp³-hybridized carbons (Fsp3) is 0.333. The van der Waals surface area contributed by atoms with Gasteiger partial charge in [-0.2, -0.15) is 0 Å². The number of hydrogen-bond acceptors (Lipinski definition) is 6. The highest BCUT2D eigenvalue weighted by Crippen LogP contribution is 2.33. The van der Waals surface area contributed by atoms with Crippen LogP contribution in [0.15, 0.2) is 35.1 Å². The SMILES string of the molecule is Cc1cnc(C)c(-c2ccc3c(c2)C[C@@H](CNC(=O)c2coc4c2C(=O)CCC4)O3)n1. The molecule has 0 saturated heterocycles. The van der Waals surface area contributed by atoms with Crippen molar-refractivity contribution < 1.29 is 18.7 Å². The van der Waals surface area contributed by atoms with Gasteiger partial charge in [0.1, 0.15) is 23.9 Å². The largest absolute Gasteiger partial charge is 0.488 e. The van der Waals surface area contributed by atoms with Gasteiger partial charge in [-0.25, -0.2) is 4.98 Å². The molecular formula is C24H23N3O4. The molecule has 0 fully saturated rings. The number of ketones is 1. The maximum Gasteiger partial charge on any atom is 0.255 e. The van der Waals surface area contributed by atoms with Gasteiger partial charge in [0.15, 0.2) is 5.78 Å². The lowest BCUT2D eigenvalue weighted by molar-refractivity contribution is 0.0914. The standard InChI is InChI=1S/C24H23N3O4/c1-13-10-25-14(2)23(27-13)15-6-7-20-16(8-15)9-17(31-20)11-26-24(29)18-12-30-21-5-3-4-19(28)22(18)21/h6-8,10,12,17H,3-5,9,11H2,1-2H3,(H,26,29)/t17-/m0/s1. The van der Waals surface area contributed by atoms with E-state index in [1.54, 1.807) is 6.20 Å². The Balaban J connectivity index is 1.27. The number of amides is 1. The number of Topliss-reactive ketones (excluding diaryl/α,β-unsaturated/α-hetero) is 1. The van der Waals surface area contributed by atoms with Crippen molar-refractivity contribution in [3.63, 3.8) is 0 Å². The number of aryl methyl sites for hydroxylation is 3. The Bertz CT molecular complexity index is 1200. The number of carbonyl (C=O) groups excluding carboxylic acids is 2. The molecule has 1 amide bonds. The average molecular weight is 417 g/mol. The molecule has 0 bridgehead atoms. The number of fused-ring (bicyclic) bond motifs is 2. The Morgan fingerprint density at radius 3 is 3.00 bits per heavy atom. The van der Waals surface area contributed by atoms with E-state index in [9.17, 15) is 9.59 Å². The van der Waals surface area contributed by atoms with E-state index in [1.807, 2.05) is 26.0 Å². The molecule has 158 valence electrons. The van der Waals surface area contributed by atoms with Crippen LogP contribution in [0.25, 0.3) is 11.3 Å². The van der Waals surface area contributed by atoms with E-state index < -0.39 is 0 Å². The van der Waals surface area contributed by atoms with Gasteiger partial charge in [0.25, 0.3) is 5.91 Å². The van der Waals surface area contributed by atoms with Crippen LogP contribution in [0.1, 0.15) is 56.3 Å². The van der Waals surface area contributed by atoms with Gasteiger partial charge in [-0.15, -0.1) is 0 Å². The van der Waals surface area contributed by atoms with Crippen molar-refractivity contribution in [2.45, 2.75) is 45.6 Å². The van der Waals surface area contributed by atoms with Crippen molar-refractivity contribution in [3.8, 4) is 17.0 Å². The third-order valence-corrected chi connectivity index (χ3v) is 5.84. The number of furan rings is 1. The molecule has 3 heterocycles. The summed E-state index contributed by atoms with van der Waals surface area (Å²) >= 11 is 0. The molecule has 1 aliphatic heterocycles. The molecule has 2 aliphatic rings. The zero-order valence-corrected chi connectivity index (χ0v) is 17.5. The molecule has 1 aromatic carbocycles. The highest BCUT2D eigenvalue weighted by atomic mass is 16.5. The lowest BCUT2D eigenvalue weighted by atomic mass is 9.94. The maximum atomic E-state index is 12.7. The molecule has 0 unspecified atom stereocenters. The van der Waals surface area contributed by atoms with E-state index in [-0.39, 0.29) is 17.8 Å². The summed E-state index contributed by atoms with van der Waals surface area (Å²) < 4.78 is 11.5. The van der Waals surface area contributed by atoms with Gasteiger partial charge in [0, 0.05) is 31.0 Å². The summed E-state index contributed by atoms with van der Waals surface area (Å²) in [7, 11) is 0. The lowest BCUT2D eigenvalue weighted by Crippen LogP contribution is -2.35. The number of benzene rings is 1. The summed E-state index contributed by atoms with van der Waals surface area (Å²) in [6.45, 7) is 4.22. The molecule has 7 heteroatoms. The predicted octanol–water partition coefficient (Wildman–Crippen LogP) is 3.61. The second kappa shape index (κ2) is 7.65. The first-order valence-electron chi connectivity index (χ1n) is 10.5. The van der Waals surface area contributed by atoms with Gasteiger partial charge in [0.05, 0.1) is 34.8 Å². The third-order valence-electron chi connectivity index (χ3n) is 5.84. The van der Waals surface area contributed by atoms with E-state index in [0.29, 0.717) is 42.7 Å². The van der Waals surface area contributed by atoms with Crippen LogP contribution in [0, 0.1) is 13.8 Å². The van der Waals surface area contributed by atoms with Crippen molar-refractivity contribution in [1.82, 2.24) is 15.3 Å². The second-order valence-electron chi connectivity index (χ2n) is 8.15. The summed E-state index contributed by atoms with van der Waals surface area (Å²) in [6.07, 6.45) is 5.60. The first-order valence-corrected chi connectivity index (χ1v) is 10.5. The minimum Gasteiger partial charge on any atom is -0.488 e. The van der Waals surface area contributed by atoms with Crippen molar-refractivity contribution in [1.29, 1.82) is 0 Å². The van der Waals surface area contributed by atoms with Crippen LogP contribution in [0.4, 0.5) is 0 Å². The average Bonchev–Trinajstić information content (AvgIpc) is 3.38. The monoisotopic (exact) mass is 417 g/mol. The summed E-state index contributed by atoms with van der Waals surface area (Å²) in [6, 6.07) is 6.01. The van der Waals surface area contributed by atoms with Crippen LogP contribution >= 0.6 is 0 Å². The first kappa shape index (κ1) is 19.5. The molecule has 2 aromatic heterocycles. The summed E-state index contributed by atoms with van der Waals surface area (Å²) in [4.78, 5) is 33.9. The molecule has 0 radical (unpaired) electrons. The van der Waals surface area contributed by atoms with Gasteiger partial charge in [-0.3, -0.25) is 14.6 Å². The zero-order valence-electron chi connectivity index (χ0n) is 17.5. The van der Waals surface area contributed by atoms with Crippen molar-refractivity contribution >= 4 is 11.7 Å². The van der Waals surface area contributed by atoms with Crippen molar-refractivity contribution in [3.05, 3.63) is 64.5 Å². The fourth-order valence-electron chi connectivity index (χ4n) is 4.28. The van der Waals surface area contributed by atoms with Gasteiger partial charge >= 0.3 is 0 Å². The summed E-state index contributed by atoms with van der Waals surface area (Å²) in [5, 5.41) is 2.90. The van der Waals surface area contributed by atoms with Gasteiger partial charge in [-0.1, -0.05) is 0 Å². The number of nitrogens with one attached hydrogen (secondary N) is 1. The van der Waals surface area contributed by atoms with E-state index >= 15 is 0 Å². The molecule has 0 spiro atoms. The highest BCUT2D eigenvalue weighted by Gasteiger charge is 2.29. The van der Waals surface area contributed by atoms with Crippen molar-refractivity contribution in [2.75, 3.05) is 6.54 Å². The smallest absolute Gasteiger partial charge is 0.255 e. The van der Waals surface area contributed by atoms with Crippen LogP contribution < -0.4 is 10.1 Å². The van der Waals surface area contributed by atoms with Gasteiger partial charge < -0.3 is 14.5 Å². The number of nitrogens with zero attached hydrogens (tertiary/aromatic N) is 2. The number of aromatic nitrogens is 2. The molecule has 31 heavy (non-hydrogen) atoms. The Morgan fingerprint density at radius 2 is 2.13 bits per heavy atom. The van der Waals surface area contributed by atoms with E-state index in [2.05, 4.69) is 21.4 Å². The number of rotatable bonds is 4. The van der Waals surface area contributed by atoms with Gasteiger partial charge in [-0.05, 0) is 44.0 Å². The van der Waals surface area contributed by atoms with E-state index in [0.717, 1.165) is 40.4 Å². The molecule has 1 aliphatic carbocycles. The number of carbonyl (C=O) groups is 2. The van der Waals surface area contributed by atoms with Crippen LogP contribution in [0.2, 0.25) is 0 Å². The molecule has 0 saturated carbocycles. The van der Waals surface area contributed by atoms with E-state index in [4.69, 9.17) is 9.15 Å².